The number of aliphatic hydroxyl groups excluding tert-OH is 4. The molecule has 0 radical (unpaired) electrons. The van der Waals surface area contributed by atoms with Gasteiger partial charge in [-0.3, -0.25) is 4.79 Å². The molecule has 0 bridgehead atoms. The Labute approximate surface area is 348 Å². The zero-order chi connectivity index (χ0) is 41.4. The van der Waals surface area contributed by atoms with Gasteiger partial charge in [0.2, 0.25) is 0 Å². The predicted octanol–water partition coefficient (Wildman–Crippen LogP) is 10.5. The maximum atomic E-state index is 12.8. The number of carbonyl (C=O) groups is 1. The Bertz CT molecular complexity index is 1010. The lowest BCUT2D eigenvalue weighted by Crippen LogP contribution is -2.59. The molecule has 332 valence electrons. The van der Waals surface area contributed by atoms with E-state index in [4.69, 9.17) is 18.9 Å². The van der Waals surface area contributed by atoms with Crippen LogP contribution in [-0.4, -0.2) is 89.6 Å². The lowest BCUT2D eigenvalue weighted by molar-refractivity contribution is -0.305. The van der Waals surface area contributed by atoms with Gasteiger partial charge in [0.15, 0.2) is 6.29 Å². The Morgan fingerprint density at radius 2 is 1.07 bits per heavy atom. The summed E-state index contributed by atoms with van der Waals surface area (Å²) in [6.45, 7) is 4.45. The van der Waals surface area contributed by atoms with Crippen LogP contribution in [0, 0.1) is 0 Å². The van der Waals surface area contributed by atoms with Gasteiger partial charge in [-0.2, -0.15) is 0 Å². The van der Waals surface area contributed by atoms with Crippen LogP contribution in [0.3, 0.4) is 0 Å². The number of aliphatic hydroxyl groups is 4. The Kier molecular flexibility index (Phi) is 36.9. The summed E-state index contributed by atoms with van der Waals surface area (Å²) in [6.07, 6.45) is 41.3. The lowest BCUT2D eigenvalue weighted by atomic mass is 9.99. The van der Waals surface area contributed by atoms with Crippen molar-refractivity contribution in [2.24, 2.45) is 0 Å². The van der Waals surface area contributed by atoms with Gasteiger partial charge in [0.1, 0.15) is 30.5 Å². The molecular weight excluding hydrogens is 721 g/mol. The van der Waals surface area contributed by atoms with Crippen LogP contribution >= 0.6 is 0 Å². The molecule has 9 heteroatoms. The van der Waals surface area contributed by atoms with Crippen LogP contribution in [0.15, 0.2) is 48.6 Å². The molecule has 0 amide bonds. The van der Waals surface area contributed by atoms with Crippen LogP contribution in [0.2, 0.25) is 0 Å². The highest BCUT2D eigenvalue weighted by atomic mass is 16.7. The molecule has 4 N–H and O–H groups in total. The fourth-order valence-corrected chi connectivity index (χ4v) is 6.89. The minimum absolute atomic E-state index is 0.116. The van der Waals surface area contributed by atoms with Gasteiger partial charge in [-0.25, -0.2) is 0 Å². The summed E-state index contributed by atoms with van der Waals surface area (Å²) in [5.74, 6) is -0.321. The summed E-state index contributed by atoms with van der Waals surface area (Å²) in [4.78, 5) is 12.8. The smallest absolute Gasteiger partial charge is 0.306 e. The van der Waals surface area contributed by atoms with Crippen molar-refractivity contribution in [1.29, 1.82) is 0 Å². The van der Waals surface area contributed by atoms with E-state index < -0.39 is 43.4 Å². The molecule has 6 atom stereocenters. The summed E-state index contributed by atoms with van der Waals surface area (Å²) in [5, 5.41) is 40.1. The molecule has 0 aromatic carbocycles. The maximum Gasteiger partial charge on any atom is 0.306 e. The van der Waals surface area contributed by atoms with Crippen LogP contribution in [0.1, 0.15) is 187 Å². The van der Waals surface area contributed by atoms with E-state index in [1.54, 1.807) is 0 Å². The summed E-state index contributed by atoms with van der Waals surface area (Å²) in [7, 11) is 0. The predicted molar refractivity (Wildman–Crippen MR) is 233 cm³/mol. The molecule has 1 fully saturated rings. The molecule has 1 heterocycles. The van der Waals surface area contributed by atoms with Crippen molar-refractivity contribution < 1.29 is 44.2 Å². The van der Waals surface area contributed by atoms with Crippen LogP contribution in [0.25, 0.3) is 0 Å². The molecule has 0 aromatic rings. The van der Waals surface area contributed by atoms with Crippen LogP contribution < -0.4 is 0 Å². The lowest BCUT2D eigenvalue weighted by Gasteiger charge is -2.39. The van der Waals surface area contributed by atoms with Gasteiger partial charge < -0.3 is 39.4 Å². The summed E-state index contributed by atoms with van der Waals surface area (Å²) >= 11 is 0. The highest BCUT2D eigenvalue weighted by molar-refractivity contribution is 5.69. The van der Waals surface area contributed by atoms with Gasteiger partial charge in [0.05, 0.1) is 19.8 Å². The first-order chi connectivity index (χ1) is 27.9. The molecule has 0 saturated carbocycles. The van der Waals surface area contributed by atoms with Crippen LogP contribution in [-0.2, 0) is 23.7 Å². The average molecular weight is 807 g/mol. The van der Waals surface area contributed by atoms with Gasteiger partial charge in [-0.15, -0.1) is 0 Å². The number of unbranched alkanes of at least 4 members (excludes halogenated alkanes) is 20. The number of ether oxygens (including phenoxy) is 4. The summed E-state index contributed by atoms with van der Waals surface area (Å²) < 4.78 is 22.8. The number of allylic oxidation sites excluding steroid dienone is 8. The van der Waals surface area contributed by atoms with Gasteiger partial charge in [-0.1, -0.05) is 178 Å². The van der Waals surface area contributed by atoms with Crippen molar-refractivity contribution in [3.05, 3.63) is 48.6 Å². The minimum atomic E-state index is -1.54. The summed E-state index contributed by atoms with van der Waals surface area (Å²) in [6, 6.07) is 0. The van der Waals surface area contributed by atoms with Crippen LogP contribution in [0.4, 0.5) is 0 Å². The average Bonchev–Trinajstić information content (AvgIpc) is 3.21. The first kappa shape index (κ1) is 53.2. The van der Waals surface area contributed by atoms with Crippen molar-refractivity contribution in [3.8, 4) is 0 Å². The molecular formula is C48H86O9. The van der Waals surface area contributed by atoms with Crippen molar-refractivity contribution in [1.82, 2.24) is 0 Å². The largest absolute Gasteiger partial charge is 0.457 e. The van der Waals surface area contributed by atoms with Gasteiger partial charge in [0, 0.05) is 13.0 Å². The molecule has 0 spiro atoms. The second-order valence-corrected chi connectivity index (χ2v) is 15.8. The Hall–Kier alpha value is -1.85. The van der Waals surface area contributed by atoms with Crippen molar-refractivity contribution in [3.63, 3.8) is 0 Å². The fourth-order valence-electron chi connectivity index (χ4n) is 6.89. The van der Waals surface area contributed by atoms with Crippen molar-refractivity contribution >= 4 is 5.97 Å². The van der Waals surface area contributed by atoms with E-state index >= 15 is 0 Å². The number of hydrogen-bond acceptors (Lipinski definition) is 9. The molecule has 57 heavy (non-hydrogen) atoms. The van der Waals surface area contributed by atoms with Crippen LogP contribution in [0.5, 0.6) is 0 Å². The molecule has 1 saturated heterocycles. The monoisotopic (exact) mass is 807 g/mol. The minimum Gasteiger partial charge on any atom is -0.457 e. The highest BCUT2D eigenvalue weighted by Gasteiger charge is 2.44. The molecule has 1 aliphatic heterocycles. The van der Waals surface area contributed by atoms with E-state index in [1.165, 1.54) is 103 Å². The first-order valence-electron chi connectivity index (χ1n) is 23.2. The summed E-state index contributed by atoms with van der Waals surface area (Å²) in [5.41, 5.74) is 0. The number of esters is 1. The SMILES string of the molecule is CC/C=C\C/C=C\C/C=C\C/C=C\CCCCCCCCCCC(=O)OC(COCCCCCCCCCCCCCCC)COC1OC(CO)C(O)C(O)C1O. The fraction of sp³-hybridized carbons (Fsp3) is 0.812. The van der Waals surface area contributed by atoms with E-state index in [2.05, 4.69) is 62.5 Å². The Morgan fingerprint density at radius 3 is 1.61 bits per heavy atom. The standard InChI is InChI=1S/C48H86O9/c1-3-5-7-9-11-13-15-17-18-19-20-21-22-23-24-25-27-29-31-33-35-37-44(50)56-42(41-55-48-47(53)46(52)45(51)43(39-49)57-48)40-54-38-36-34-32-30-28-26-16-14-12-10-8-6-4-2/h5,7,11,13,17-18,20-21,42-43,45-49,51-53H,3-4,6,8-10,12,14-16,19,22-41H2,1-2H3/b7-5-,13-11-,18-17-,21-20-. The normalized spacial score (nSPS) is 20.8. The van der Waals surface area contributed by atoms with Gasteiger partial charge in [0.25, 0.3) is 0 Å². The van der Waals surface area contributed by atoms with Crippen molar-refractivity contribution in [2.45, 2.75) is 224 Å². The molecule has 1 rings (SSSR count). The molecule has 9 nitrogen and oxygen atoms in total. The molecule has 6 unspecified atom stereocenters. The number of hydrogen-bond donors (Lipinski definition) is 4. The van der Waals surface area contributed by atoms with Gasteiger partial charge >= 0.3 is 5.97 Å². The van der Waals surface area contributed by atoms with E-state index in [0.29, 0.717) is 13.0 Å². The zero-order valence-corrected chi connectivity index (χ0v) is 36.3. The van der Waals surface area contributed by atoms with E-state index in [0.717, 1.165) is 64.2 Å². The Balaban J connectivity index is 2.24. The number of rotatable bonds is 39. The second kappa shape index (κ2) is 39.6. The third-order valence-electron chi connectivity index (χ3n) is 10.5. The highest BCUT2D eigenvalue weighted by Crippen LogP contribution is 2.22. The van der Waals surface area contributed by atoms with Crippen molar-refractivity contribution in [2.75, 3.05) is 26.4 Å². The quantitative estimate of drug-likeness (QED) is 0.0272. The second-order valence-electron chi connectivity index (χ2n) is 15.8. The molecule has 0 aromatic heterocycles. The topological polar surface area (TPSA) is 135 Å². The van der Waals surface area contributed by atoms with E-state index in [9.17, 15) is 25.2 Å². The third kappa shape index (κ3) is 30.8. The number of carbonyl (C=O) groups excluding carboxylic acids is 1. The molecule has 1 aliphatic rings. The van der Waals surface area contributed by atoms with Gasteiger partial charge in [-0.05, 0) is 51.4 Å². The maximum absolute atomic E-state index is 12.8. The van der Waals surface area contributed by atoms with E-state index in [-0.39, 0.29) is 19.2 Å². The third-order valence-corrected chi connectivity index (χ3v) is 10.5. The Morgan fingerprint density at radius 1 is 0.579 bits per heavy atom. The molecule has 0 aliphatic carbocycles. The first-order valence-corrected chi connectivity index (χ1v) is 23.2. The van der Waals surface area contributed by atoms with E-state index in [1.807, 2.05) is 0 Å². The zero-order valence-electron chi connectivity index (χ0n) is 36.3.